The number of nitrogens with zero attached hydrogens (tertiary/aromatic N) is 1. The lowest BCUT2D eigenvalue weighted by Gasteiger charge is -2.07. The van der Waals surface area contributed by atoms with Crippen LogP contribution in [0.4, 0.5) is 5.69 Å². The molecule has 2 aromatic rings. The molecule has 0 heterocycles. The van der Waals surface area contributed by atoms with Gasteiger partial charge in [0, 0.05) is 18.7 Å². The van der Waals surface area contributed by atoms with Gasteiger partial charge >= 0.3 is 0 Å². The summed E-state index contributed by atoms with van der Waals surface area (Å²) in [5.74, 6) is -0.528. The van der Waals surface area contributed by atoms with Crippen LogP contribution in [0.1, 0.15) is 21.5 Å². The van der Waals surface area contributed by atoms with Crippen LogP contribution >= 0.6 is 0 Å². The first kappa shape index (κ1) is 14.5. The summed E-state index contributed by atoms with van der Waals surface area (Å²) in [7, 11) is 0. The zero-order valence-corrected chi connectivity index (χ0v) is 11.4. The SMILES string of the molecule is Cc1ccc(O)c(C(=O)NCc2cccc([N+](=O)[O-])c2)c1. The molecule has 2 aromatic carbocycles. The Bertz CT molecular complexity index is 698. The van der Waals surface area contributed by atoms with Gasteiger partial charge in [-0.1, -0.05) is 23.8 Å². The van der Waals surface area contributed by atoms with Crippen molar-refractivity contribution < 1.29 is 14.8 Å². The minimum absolute atomic E-state index is 0.0276. The van der Waals surface area contributed by atoms with Crippen molar-refractivity contribution in [2.45, 2.75) is 13.5 Å². The molecule has 0 fully saturated rings. The summed E-state index contributed by atoms with van der Waals surface area (Å²) in [5, 5.41) is 23.0. The molecule has 1 amide bonds. The molecular weight excluding hydrogens is 272 g/mol. The fraction of sp³-hybridized carbons (Fsp3) is 0.133. The van der Waals surface area contributed by atoms with Gasteiger partial charge in [-0.25, -0.2) is 0 Å². The molecule has 6 nitrogen and oxygen atoms in total. The first-order valence-corrected chi connectivity index (χ1v) is 6.28. The molecule has 0 saturated carbocycles. The van der Waals surface area contributed by atoms with Crippen molar-refractivity contribution in [2.75, 3.05) is 0 Å². The number of carbonyl (C=O) groups excluding carboxylic acids is 1. The Kier molecular flexibility index (Phi) is 4.18. The molecule has 2 N–H and O–H groups in total. The first-order valence-electron chi connectivity index (χ1n) is 6.28. The average molecular weight is 286 g/mol. The Hall–Kier alpha value is -2.89. The molecular formula is C15H14N2O4. The lowest BCUT2D eigenvalue weighted by molar-refractivity contribution is -0.384. The van der Waals surface area contributed by atoms with Crippen LogP contribution in [0.3, 0.4) is 0 Å². The van der Waals surface area contributed by atoms with E-state index in [0.29, 0.717) is 5.56 Å². The van der Waals surface area contributed by atoms with E-state index >= 15 is 0 Å². The van der Waals surface area contributed by atoms with Gasteiger partial charge in [0.15, 0.2) is 0 Å². The number of nitrogens with one attached hydrogen (secondary N) is 1. The molecule has 0 aromatic heterocycles. The van der Waals surface area contributed by atoms with Crippen molar-refractivity contribution in [3.8, 4) is 5.75 Å². The van der Waals surface area contributed by atoms with Gasteiger partial charge < -0.3 is 10.4 Å². The largest absolute Gasteiger partial charge is 0.507 e. The zero-order chi connectivity index (χ0) is 15.4. The van der Waals surface area contributed by atoms with Crippen molar-refractivity contribution >= 4 is 11.6 Å². The molecule has 0 saturated heterocycles. The number of nitro benzene ring substituents is 1. The quantitative estimate of drug-likeness (QED) is 0.667. The van der Waals surface area contributed by atoms with Gasteiger partial charge in [0.1, 0.15) is 5.75 Å². The summed E-state index contributed by atoms with van der Waals surface area (Å²) in [4.78, 5) is 22.2. The Morgan fingerprint density at radius 1 is 1.29 bits per heavy atom. The van der Waals surface area contributed by atoms with Crippen LogP contribution in [0, 0.1) is 17.0 Å². The summed E-state index contributed by atoms with van der Waals surface area (Å²) in [5.41, 5.74) is 1.62. The topological polar surface area (TPSA) is 92.5 Å². The second-order valence-electron chi connectivity index (χ2n) is 4.63. The van der Waals surface area contributed by atoms with Crippen molar-refractivity contribution in [3.63, 3.8) is 0 Å². The van der Waals surface area contributed by atoms with Crippen molar-refractivity contribution in [1.29, 1.82) is 0 Å². The van der Waals surface area contributed by atoms with E-state index in [0.717, 1.165) is 5.56 Å². The number of hydrogen-bond donors (Lipinski definition) is 2. The lowest BCUT2D eigenvalue weighted by Crippen LogP contribution is -2.23. The molecule has 108 valence electrons. The molecule has 0 aliphatic rings. The number of aryl methyl sites for hydroxylation is 1. The number of phenols is 1. The molecule has 0 aliphatic carbocycles. The van der Waals surface area contributed by atoms with E-state index in [-0.39, 0.29) is 23.5 Å². The number of nitro groups is 1. The number of benzene rings is 2. The van der Waals surface area contributed by atoms with E-state index in [1.807, 2.05) is 6.92 Å². The van der Waals surface area contributed by atoms with Crippen molar-refractivity contribution in [2.24, 2.45) is 0 Å². The van der Waals surface area contributed by atoms with Crippen molar-refractivity contribution in [3.05, 3.63) is 69.3 Å². The maximum Gasteiger partial charge on any atom is 0.269 e. The maximum atomic E-state index is 12.0. The summed E-state index contributed by atoms with van der Waals surface area (Å²) in [6.45, 7) is 1.96. The summed E-state index contributed by atoms with van der Waals surface area (Å²) >= 11 is 0. The summed E-state index contributed by atoms with van der Waals surface area (Å²) < 4.78 is 0. The maximum absolute atomic E-state index is 12.0. The van der Waals surface area contributed by atoms with Crippen LogP contribution < -0.4 is 5.32 Å². The van der Waals surface area contributed by atoms with E-state index in [1.165, 1.54) is 18.2 Å². The third-order valence-electron chi connectivity index (χ3n) is 2.97. The van der Waals surface area contributed by atoms with Crippen LogP contribution in [0.25, 0.3) is 0 Å². The third kappa shape index (κ3) is 3.56. The molecule has 0 unspecified atom stereocenters. The minimum atomic E-state index is -0.488. The van der Waals surface area contributed by atoms with Gasteiger partial charge in [0.05, 0.1) is 10.5 Å². The van der Waals surface area contributed by atoms with Crippen molar-refractivity contribution in [1.82, 2.24) is 5.32 Å². The number of non-ortho nitro benzene ring substituents is 1. The van der Waals surface area contributed by atoms with E-state index in [4.69, 9.17) is 0 Å². The van der Waals surface area contributed by atoms with Gasteiger partial charge in [-0.05, 0) is 24.6 Å². The third-order valence-corrected chi connectivity index (χ3v) is 2.97. The molecule has 0 bridgehead atoms. The Morgan fingerprint density at radius 3 is 2.76 bits per heavy atom. The summed E-state index contributed by atoms with van der Waals surface area (Å²) in [6.07, 6.45) is 0. The Morgan fingerprint density at radius 2 is 2.05 bits per heavy atom. The van der Waals surface area contributed by atoms with Crippen LogP contribution in [0.2, 0.25) is 0 Å². The molecule has 0 radical (unpaired) electrons. The molecule has 0 atom stereocenters. The van der Waals surface area contributed by atoms with Gasteiger partial charge in [0.2, 0.25) is 0 Å². The zero-order valence-electron chi connectivity index (χ0n) is 11.4. The molecule has 0 aliphatic heterocycles. The highest BCUT2D eigenvalue weighted by Crippen LogP contribution is 2.18. The van der Waals surface area contributed by atoms with Gasteiger partial charge in [0.25, 0.3) is 11.6 Å². The molecule has 6 heteroatoms. The number of rotatable bonds is 4. The normalized spacial score (nSPS) is 10.1. The number of phenolic OH excluding ortho intramolecular Hbond substituents is 1. The second kappa shape index (κ2) is 6.04. The highest BCUT2D eigenvalue weighted by molar-refractivity contribution is 5.96. The fourth-order valence-corrected chi connectivity index (χ4v) is 1.89. The predicted molar refractivity (Wildman–Crippen MR) is 77.1 cm³/mol. The predicted octanol–water partition coefficient (Wildman–Crippen LogP) is 2.54. The number of amides is 1. The molecule has 21 heavy (non-hydrogen) atoms. The second-order valence-corrected chi connectivity index (χ2v) is 4.63. The van der Waals surface area contributed by atoms with Crippen LogP contribution in [0.5, 0.6) is 5.75 Å². The molecule has 0 spiro atoms. The van der Waals surface area contributed by atoms with Crippen LogP contribution in [-0.4, -0.2) is 15.9 Å². The highest BCUT2D eigenvalue weighted by atomic mass is 16.6. The fourth-order valence-electron chi connectivity index (χ4n) is 1.89. The van der Waals surface area contributed by atoms with Gasteiger partial charge in [-0.3, -0.25) is 14.9 Å². The van der Waals surface area contributed by atoms with E-state index in [9.17, 15) is 20.0 Å². The number of aromatic hydroxyl groups is 1. The average Bonchev–Trinajstić information content (AvgIpc) is 2.47. The Labute approximate surface area is 121 Å². The van der Waals surface area contributed by atoms with E-state index in [1.54, 1.807) is 24.3 Å². The standard InChI is InChI=1S/C15H14N2O4/c1-10-5-6-14(18)13(7-10)15(19)16-9-11-3-2-4-12(8-11)17(20)21/h2-8,18H,9H2,1H3,(H,16,19). The van der Waals surface area contributed by atoms with Crippen LogP contribution in [-0.2, 0) is 6.54 Å². The number of carbonyl (C=O) groups is 1. The molecule has 2 rings (SSSR count). The Balaban J connectivity index is 2.09. The van der Waals surface area contributed by atoms with E-state index < -0.39 is 10.8 Å². The van der Waals surface area contributed by atoms with Crippen LogP contribution in [0.15, 0.2) is 42.5 Å². The highest BCUT2D eigenvalue weighted by Gasteiger charge is 2.12. The lowest BCUT2D eigenvalue weighted by atomic mass is 10.1. The first-order chi connectivity index (χ1) is 9.97. The summed E-state index contributed by atoms with van der Waals surface area (Å²) in [6, 6.07) is 10.8. The smallest absolute Gasteiger partial charge is 0.269 e. The monoisotopic (exact) mass is 286 g/mol. The van der Waals surface area contributed by atoms with Gasteiger partial charge in [-0.15, -0.1) is 0 Å². The number of hydrogen-bond acceptors (Lipinski definition) is 4. The van der Waals surface area contributed by atoms with E-state index in [2.05, 4.69) is 5.32 Å². The minimum Gasteiger partial charge on any atom is -0.507 e. The van der Waals surface area contributed by atoms with Gasteiger partial charge in [-0.2, -0.15) is 0 Å².